The van der Waals surface area contributed by atoms with E-state index in [0.717, 1.165) is 17.1 Å². The number of hydrogen-bond acceptors (Lipinski definition) is 4. The topological polar surface area (TPSA) is 42.2 Å². The van der Waals surface area contributed by atoms with Crippen molar-refractivity contribution in [3.8, 4) is 11.5 Å². The number of aromatic nitrogens is 2. The van der Waals surface area contributed by atoms with Gasteiger partial charge in [0.15, 0.2) is 0 Å². The number of nitrogens with zero attached hydrogens (tertiary/aromatic N) is 3. The van der Waals surface area contributed by atoms with E-state index >= 15 is 0 Å². The lowest BCUT2D eigenvalue weighted by atomic mass is 10.2. The van der Waals surface area contributed by atoms with Gasteiger partial charge in [0, 0.05) is 17.1 Å². The molecule has 0 radical (unpaired) electrons. The van der Waals surface area contributed by atoms with Gasteiger partial charge in [-0.05, 0) is 43.8 Å². The predicted molar refractivity (Wildman–Crippen MR) is 91.1 cm³/mol. The highest BCUT2D eigenvalue weighted by Crippen LogP contribution is 2.24. The Labute approximate surface area is 140 Å². The van der Waals surface area contributed by atoms with E-state index in [9.17, 15) is 0 Å². The normalized spacial score (nSPS) is 12.5. The first-order chi connectivity index (χ1) is 11.1. The van der Waals surface area contributed by atoms with Gasteiger partial charge in [0.05, 0.1) is 6.04 Å². The van der Waals surface area contributed by atoms with Crippen LogP contribution < -0.4 is 0 Å². The minimum absolute atomic E-state index is 0.0237. The van der Waals surface area contributed by atoms with E-state index in [1.54, 1.807) is 0 Å². The van der Waals surface area contributed by atoms with E-state index in [0.29, 0.717) is 11.8 Å². The second-order valence-electron chi connectivity index (χ2n) is 5.53. The van der Waals surface area contributed by atoms with Gasteiger partial charge in [0.1, 0.15) is 0 Å². The average molecular weight is 328 g/mol. The Bertz CT molecular complexity index is 755. The summed E-state index contributed by atoms with van der Waals surface area (Å²) in [7, 11) is 2.03. The molecule has 2 aromatic carbocycles. The highest BCUT2D eigenvalue weighted by molar-refractivity contribution is 6.30. The molecular formula is C18H18ClN3O. The van der Waals surface area contributed by atoms with Gasteiger partial charge in [-0.1, -0.05) is 41.9 Å². The lowest BCUT2D eigenvalue weighted by molar-refractivity contribution is 0.218. The van der Waals surface area contributed by atoms with Crippen LogP contribution in [0.15, 0.2) is 59.0 Å². The fourth-order valence-corrected chi connectivity index (χ4v) is 2.43. The van der Waals surface area contributed by atoms with E-state index in [2.05, 4.69) is 22.0 Å². The summed E-state index contributed by atoms with van der Waals surface area (Å²) in [5, 5.41) is 9.08. The third kappa shape index (κ3) is 3.78. The zero-order valence-corrected chi connectivity index (χ0v) is 13.9. The molecule has 3 aromatic rings. The molecule has 0 fully saturated rings. The van der Waals surface area contributed by atoms with Crippen LogP contribution in [0.2, 0.25) is 5.02 Å². The summed E-state index contributed by atoms with van der Waals surface area (Å²) in [5.41, 5.74) is 2.12. The molecule has 0 saturated carbocycles. The molecule has 0 saturated heterocycles. The smallest absolute Gasteiger partial charge is 0.247 e. The standard InChI is InChI=1S/C18H18ClN3O/c1-13(22(2)12-14-8-10-16(19)11-9-14)17-20-21-18(23-17)15-6-4-3-5-7-15/h3-11,13H,12H2,1-2H3. The fraction of sp³-hybridized carbons (Fsp3) is 0.222. The lowest BCUT2D eigenvalue weighted by Crippen LogP contribution is -2.22. The third-order valence-electron chi connectivity index (χ3n) is 3.83. The minimum atomic E-state index is 0.0237. The van der Waals surface area contributed by atoms with Crippen LogP contribution in [0.25, 0.3) is 11.5 Å². The highest BCUT2D eigenvalue weighted by atomic mass is 35.5. The van der Waals surface area contributed by atoms with Crippen LogP contribution in [-0.4, -0.2) is 22.1 Å². The molecule has 3 rings (SSSR count). The maximum absolute atomic E-state index is 5.92. The van der Waals surface area contributed by atoms with Crippen molar-refractivity contribution < 1.29 is 4.42 Å². The van der Waals surface area contributed by atoms with Gasteiger partial charge in [-0.15, -0.1) is 10.2 Å². The van der Waals surface area contributed by atoms with Crippen LogP contribution >= 0.6 is 11.6 Å². The summed E-state index contributed by atoms with van der Waals surface area (Å²) in [6.45, 7) is 2.83. The summed E-state index contributed by atoms with van der Waals surface area (Å²) in [6.07, 6.45) is 0. The van der Waals surface area contributed by atoms with Gasteiger partial charge in [-0.25, -0.2) is 0 Å². The predicted octanol–water partition coefficient (Wildman–Crippen LogP) is 4.58. The van der Waals surface area contributed by atoms with E-state index in [1.807, 2.05) is 61.6 Å². The number of benzene rings is 2. The maximum Gasteiger partial charge on any atom is 0.247 e. The highest BCUT2D eigenvalue weighted by Gasteiger charge is 2.19. The van der Waals surface area contributed by atoms with Crippen LogP contribution in [0.5, 0.6) is 0 Å². The van der Waals surface area contributed by atoms with Crippen molar-refractivity contribution >= 4 is 11.6 Å². The SMILES string of the molecule is CC(c1nnc(-c2ccccc2)o1)N(C)Cc1ccc(Cl)cc1. The van der Waals surface area contributed by atoms with E-state index < -0.39 is 0 Å². The zero-order valence-electron chi connectivity index (χ0n) is 13.1. The lowest BCUT2D eigenvalue weighted by Gasteiger charge is -2.21. The van der Waals surface area contributed by atoms with Crippen molar-refractivity contribution in [2.24, 2.45) is 0 Å². The molecule has 1 atom stereocenters. The first-order valence-electron chi connectivity index (χ1n) is 7.47. The Kier molecular flexibility index (Phi) is 4.74. The molecule has 0 amide bonds. The Morgan fingerprint density at radius 2 is 1.74 bits per heavy atom. The third-order valence-corrected chi connectivity index (χ3v) is 4.08. The molecule has 0 N–H and O–H groups in total. The van der Waals surface area contributed by atoms with Crippen LogP contribution in [0, 0.1) is 0 Å². The first kappa shape index (κ1) is 15.7. The molecule has 118 valence electrons. The average Bonchev–Trinajstić information content (AvgIpc) is 3.07. The number of rotatable bonds is 5. The Balaban J connectivity index is 1.71. The molecule has 4 nitrogen and oxygen atoms in total. The van der Waals surface area contributed by atoms with Gasteiger partial charge in [0.2, 0.25) is 11.8 Å². The van der Waals surface area contributed by atoms with Gasteiger partial charge in [0.25, 0.3) is 0 Å². The monoisotopic (exact) mass is 327 g/mol. The summed E-state index contributed by atoms with van der Waals surface area (Å²) in [5.74, 6) is 1.16. The molecule has 0 aliphatic rings. The van der Waals surface area contributed by atoms with Crippen LogP contribution in [0.4, 0.5) is 0 Å². The molecule has 1 aromatic heterocycles. The first-order valence-corrected chi connectivity index (χ1v) is 7.85. The summed E-state index contributed by atoms with van der Waals surface area (Å²) in [4.78, 5) is 2.16. The Hall–Kier alpha value is -2.17. The largest absolute Gasteiger partial charge is 0.419 e. The number of halogens is 1. The molecule has 0 aliphatic carbocycles. The van der Waals surface area contributed by atoms with Crippen molar-refractivity contribution in [3.05, 3.63) is 71.1 Å². The van der Waals surface area contributed by atoms with Crippen LogP contribution in [0.3, 0.4) is 0 Å². The van der Waals surface area contributed by atoms with E-state index in [1.165, 1.54) is 5.56 Å². The molecule has 0 bridgehead atoms. The van der Waals surface area contributed by atoms with E-state index in [-0.39, 0.29) is 6.04 Å². The molecule has 5 heteroatoms. The second kappa shape index (κ2) is 6.94. The van der Waals surface area contributed by atoms with Gasteiger partial charge in [-0.3, -0.25) is 4.90 Å². The Morgan fingerprint density at radius 1 is 1.04 bits per heavy atom. The van der Waals surface area contributed by atoms with Crippen LogP contribution in [-0.2, 0) is 6.54 Å². The van der Waals surface area contributed by atoms with Crippen molar-refractivity contribution in [1.29, 1.82) is 0 Å². The maximum atomic E-state index is 5.92. The molecule has 23 heavy (non-hydrogen) atoms. The van der Waals surface area contributed by atoms with E-state index in [4.69, 9.17) is 16.0 Å². The zero-order chi connectivity index (χ0) is 16.2. The summed E-state index contributed by atoms with van der Waals surface area (Å²) < 4.78 is 5.82. The quantitative estimate of drug-likeness (QED) is 0.687. The van der Waals surface area contributed by atoms with Crippen molar-refractivity contribution in [2.75, 3.05) is 7.05 Å². The fourth-order valence-electron chi connectivity index (χ4n) is 2.30. The van der Waals surface area contributed by atoms with Crippen molar-refractivity contribution in [3.63, 3.8) is 0 Å². The molecular weight excluding hydrogens is 310 g/mol. The molecule has 1 heterocycles. The van der Waals surface area contributed by atoms with Crippen LogP contribution in [0.1, 0.15) is 24.4 Å². The number of hydrogen-bond donors (Lipinski definition) is 0. The molecule has 1 unspecified atom stereocenters. The summed E-state index contributed by atoms with van der Waals surface area (Å²) in [6, 6.07) is 17.7. The van der Waals surface area contributed by atoms with Crippen molar-refractivity contribution in [2.45, 2.75) is 19.5 Å². The molecule has 0 spiro atoms. The second-order valence-corrected chi connectivity index (χ2v) is 5.97. The summed E-state index contributed by atoms with van der Waals surface area (Å²) >= 11 is 5.92. The van der Waals surface area contributed by atoms with Gasteiger partial charge < -0.3 is 4.42 Å². The molecule has 0 aliphatic heterocycles. The minimum Gasteiger partial charge on any atom is -0.419 e. The van der Waals surface area contributed by atoms with Gasteiger partial charge in [-0.2, -0.15) is 0 Å². The Morgan fingerprint density at radius 3 is 2.43 bits per heavy atom. The van der Waals surface area contributed by atoms with Crippen molar-refractivity contribution in [1.82, 2.24) is 15.1 Å². The van der Waals surface area contributed by atoms with Gasteiger partial charge >= 0.3 is 0 Å².